The normalized spacial score (nSPS) is 13.7. The summed E-state index contributed by atoms with van der Waals surface area (Å²) in [5.41, 5.74) is 5.09. The van der Waals surface area contributed by atoms with E-state index >= 15 is 0 Å². The van der Waals surface area contributed by atoms with Gasteiger partial charge in [-0.3, -0.25) is 13.9 Å². The van der Waals surface area contributed by atoms with Crippen LogP contribution in [0.1, 0.15) is 16.7 Å². The predicted octanol–water partition coefficient (Wildman–Crippen LogP) is 2.89. The zero-order valence-corrected chi connectivity index (χ0v) is 23.3. The number of nitrogens with one attached hydrogen (secondary N) is 1. The van der Waals surface area contributed by atoms with E-state index in [1.807, 2.05) is 19.1 Å². The highest BCUT2D eigenvalue weighted by atomic mass is 32.2. The minimum atomic E-state index is -4.02. The molecule has 0 bridgehead atoms. The number of amides is 2. The number of carbonyl (C=O) groups is 2. The lowest BCUT2D eigenvalue weighted by Gasteiger charge is -2.26. The number of morpholine rings is 1. The lowest BCUT2D eigenvalue weighted by Crippen LogP contribution is -2.42. The molecular weight excluding hydrogens is 532 g/mol. The van der Waals surface area contributed by atoms with Crippen molar-refractivity contribution in [2.45, 2.75) is 18.7 Å². The van der Waals surface area contributed by atoms with Crippen molar-refractivity contribution >= 4 is 33.7 Å². The molecule has 2 amide bonds. The van der Waals surface area contributed by atoms with Gasteiger partial charge in [-0.05, 0) is 73.0 Å². The number of rotatable bonds is 10. The molecule has 10 nitrogen and oxygen atoms in total. The van der Waals surface area contributed by atoms with E-state index in [9.17, 15) is 18.0 Å². The second-order valence-corrected chi connectivity index (χ2v) is 11.1. The Balaban J connectivity index is 1.38. The van der Waals surface area contributed by atoms with Crippen LogP contribution < -0.4 is 14.5 Å². The van der Waals surface area contributed by atoms with E-state index in [-0.39, 0.29) is 17.4 Å². The average molecular weight is 565 g/mol. The first-order valence-electron chi connectivity index (χ1n) is 12.8. The number of nitrogens with zero attached hydrogens (tertiary/aromatic N) is 3. The first-order valence-corrected chi connectivity index (χ1v) is 14.2. The molecule has 0 saturated carbocycles. The van der Waals surface area contributed by atoms with Crippen LogP contribution in [-0.2, 0) is 24.3 Å². The SMILES string of the molecule is Cc1ccc(C)c(N(CC(=O)N/N=C\c2ccc(OCC(=O)N3CCOCC3)cc2)S(=O)(=O)c2ccccc2)c1. The quantitative estimate of drug-likeness (QED) is 0.299. The van der Waals surface area contributed by atoms with Gasteiger partial charge in [0.15, 0.2) is 6.61 Å². The molecule has 0 unspecified atom stereocenters. The Labute approximate surface area is 234 Å². The largest absolute Gasteiger partial charge is 0.484 e. The van der Waals surface area contributed by atoms with Crippen molar-refractivity contribution in [3.8, 4) is 5.75 Å². The molecule has 0 aromatic heterocycles. The maximum absolute atomic E-state index is 13.5. The van der Waals surface area contributed by atoms with Crippen molar-refractivity contribution in [3.05, 3.63) is 89.5 Å². The molecule has 0 aliphatic carbocycles. The molecule has 40 heavy (non-hydrogen) atoms. The van der Waals surface area contributed by atoms with Crippen molar-refractivity contribution in [2.24, 2.45) is 5.10 Å². The minimum absolute atomic E-state index is 0.0632. The molecule has 1 saturated heterocycles. The molecule has 1 fully saturated rings. The van der Waals surface area contributed by atoms with Gasteiger partial charge in [-0.15, -0.1) is 0 Å². The van der Waals surface area contributed by atoms with Gasteiger partial charge in [0.1, 0.15) is 12.3 Å². The summed E-state index contributed by atoms with van der Waals surface area (Å²) in [4.78, 5) is 26.9. The third-order valence-electron chi connectivity index (χ3n) is 6.26. The Kier molecular flexibility index (Phi) is 9.52. The molecule has 1 heterocycles. The summed E-state index contributed by atoms with van der Waals surface area (Å²) in [5.74, 6) is -0.169. The molecule has 3 aromatic rings. The summed E-state index contributed by atoms with van der Waals surface area (Å²) >= 11 is 0. The summed E-state index contributed by atoms with van der Waals surface area (Å²) in [5, 5.41) is 3.99. The van der Waals surface area contributed by atoms with Gasteiger partial charge < -0.3 is 14.4 Å². The van der Waals surface area contributed by atoms with Crippen LogP contribution in [0.5, 0.6) is 5.75 Å². The summed E-state index contributed by atoms with van der Waals surface area (Å²) in [6.07, 6.45) is 1.44. The predicted molar refractivity (Wildman–Crippen MR) is 152 cm³/mol. The molecule has 0 spiro atoms. The van der Waals surface area contributed by atoms with E-state index in [0.717, 1.165) is 15.4 Å². The van der Waals surface area contributed by atoms with Crippen LogP contribution >= 0.6 is 0 Å². The minimum Gasteiger partial charge on any atom is -0.484 e. The Morgan fingerprint density at radius 1 is 1.02 bits per heavy atom. The summed E-state index contributed by atoms with van der Waals surface area (Å²) in [7, 11) is -4.02. The summed E-state index contributed by atoms with van der Waals surface area (Å²) in [6, 6.07) is 20.3. The third-order valence-corrected chi connectivity index (χ3v) is 8.03. The second kappa shape index (κ2) is 13.2. The highest BCUT2D eigenvalue weighted by Crippen LogP contribution is 2.27. The van der Waals surface area contributed by atoms with Crippen molar-refractivity contribution in [3.63, 3.8) is 0 Å². The fraction of sp³-hybridized carbons (Fsp3) is 0.276. The Bertz CT molecular complexity index is 1450. The third kappa shape index (κ3) is 7.45. The first kappa shape index (κ1) is 28.8. The Hall–Kier alpha value is -4.22. The maximum Gasteiger partial charge on any atom is 0.264 e. The first-order chi connectivity index (χ1) is 19.2. The number of ether oxygens (including phenoxy) is 2. The zero-order valence-electron chi connectivity index (χ0n) is 22.4. The van der Waals surface area contributed by atoms with Gasteiger partial charge in [0, 0.05) is 13.1 Å². The van der Waals surface area contributed by atoms with E-state index < -0.39 is 22.5 Å². The number of hydrogen-bond donors (Lipinski definition) is 1. The topological polar surface area (TPSA) is 118 Å². The van der Waals surface area contributed by atoms with Crippen molar-refractivity contribution in [1.82, 2.24) is 10.3 Å². The lowest BCUT2D eigenvalue weighted by atomic mass is 10.1. The molecule has 11 heteroatoms. The molecule has 0 atom stereocenters. The second-order valence-electron chi connectivity index (χ2n) is 9.26. The van der Waals surface area contributed by atoms with Crippen LogP contribution in [0, 0.1) is 13.8 Å². The summed E-state index contributed by atoms with van der Waals surface area (Å²) in [6.45, 7) is 5.32. The van der Waals surface area contributed by atoms with Crippen molar-refractivity contribution in [1.29, 1.82) is 0 Å². The number of anilines is 1. The van der Waals surface area contributed by atoms with Crippen molar-refractivity contribution < 1.29 is 27.5 Å². The summed E-state index contributed by atoms with van der Waals surface area (Å²) < 4.78 is 39.0. The fourth-order valence-corrected chi connectivity index (χ4v) is 5.55. The lowest BCUT2D eigenvalue weighted by molar-refractivity contribution is -0.137. The number of sulfonamides is 1. The smallest absolute Gasteiger partial charge is 0.264 e. The molecule has 4 rings (SSSR count). The standard InChI is InChI=1S/C29H32N4O6S/c1-22-8-9-23(2)27(18-22)33(40(36,37)26-6-4-3-5-7-26)20-28(34)31-30-19-24-10-12-25(13-11-24)39-21-29(35)32-14-16-38-17-15-32/h3-13,18-19H,14-17,20-21H2,1-2H3,(H,31,34)/b30-19-. The highest BCUT2D eigenvalue weighted by Gasteiger charge is 2.28. The van der Waals surface area contributed by atoms with E-state index in [1.165, 1.54) is 18.3 Å². The molecule has 3 aromatic carbocycles. The zero-order chi connectivity index (χ0) is 28.5. The number of carbonyl (C=O) groups excluding carboxylic acids is 2. The molecule has 1 aliphatic rings. The Morgan fingerprint density at radius 2 is 1.73 bits per heavy atom. The van der Waals surface area contributed by atoms with Gasteiger partial charge in [0.2, 0.25) is 0 Å². The average Bonchev–Trinajstić information content (AvgIpc) is 2.97. The molecule has 210 valence electrons. The van der Waals surface area contributed by atoms with Crippen molar-refractivity contribution in [2.75, 3.05) is 43.8 Å². The fourth-order valence-electron chi connectivity index (χ4n) is 4.05. The molecule has 0 radical (unpaired) electrons. The van der Waals surface area contributed by atoms with Gasteiger partial charge in [0.25, 0.3) is 21.8 Å². The number of benzene rings is 3. The Morgan fingerprint density at radius 3 is 2.42 bits per heavy atom. The van der Waals surface area contributed by atoms with E-state index in [1.54, 1.807) is 60.4 Å². The van der Waals surface area contributed by atoms with E-state index in [4.69, 9.17) is 9.47 Å². The number of hydrazone groups is 1. The molecule has 1 aliphatic heterocycles. The van der Waals surface area contributed by atoms with Crippen LogP contribution in [0.2, 0.25) is 0 Å². The van der Waals surface area contributed by atoms with E-state index in [0.29, 0.717) is 43.3 Å². The van der Waals surface area contributed by atoms with Gasteiger partial charge in [-0.2, -0.15) is 5.10 Å². The van der Waals surface area contributed by atoms with Crippen LogP contribution in [0.4, 0.5) is 5.69 Å². The van der Waals surface area contributed by atoms with Crippen LogP contribution in [0.3, 0.4) is 0 Å². The van der Waals surface area contributed by atoms with E-state index in [2.05, 4.69) is 10.5 Å². The van der Waals surface area contributed by atoms with Crippen LogP contribution in [-0.4, -0.2) is 70.8 Å². The van der Waals surface area contributed by atoms with Gasteiger partial charge in [0.05, 0.1) is 30.0 Å². The maximum atomic E-state index is 13.5. The van der Waals surface area contributed by atoms with Crippen LogP contribution in [0.25, 0.3) is 0 Å². The van der Waals surface area contributed by atoms with Crippen LogP contribution in [0.15, 0.2) is 82.8 Å². The number of aryl methyl sites for hydroxylation is 2. The molecular formula is C29H32N4O6S. The highest BCUT2D eigenvalue weighted by molar-refractivity contribution is 7.92. The molecule has 1 N–H and O–H groups in total. The van der Waals surface area contributed by atoms with Gasteiger partial charge in [-0.25, -0.2) is 13.8 Å². The monoisotopic (exact) mass is 564 g/mol. The number of hydrogen-bond acceptors (Lipinski definition) is 7. The van der Waals surface area contributed by atoms with Gasteiger partial charge >= 0.3 is 0 Å². The van der Waals surface area contributed by atoms with Gasteiger partial charge in [-0.1, -0.05) is 30.3 Å².